The van der Waals surface area contributed by atoms with Crippen molar-refractivity contribution >= 4 is 10.9 Å². The molecule has 2 nitrogen and oxygen atoms in total. The molecule has 1 heterocycles. The molecule has 0 radical (unpaired) electrons. The van der Waals surface area contributed by atoms with E-state index in [0.717, 1.165) is 18.4 Å². The fourth-order valence-corrected chi connectivity index (χ4v) is 3.26. The molecule has 0 aliphatic heterocycles. The van der Waals surface area contributed by atoms with E-state index in [1.54, 1.807) is 0 Å². The number of rotatable bonds is 1. The van der Waals surface area contributed by atoms with E-state index in [2.05, 4.69) is 43.1 Å². The van der Waals surface area contributed by atoms with E-state index in [-0.39, 0.29) is 6.04 Å². The van der Waals surface area contributed by atoms with Crippen molar-refractivity contribution in [1.29, 1.82) is 0 Å². The first-order valence-corrected chi connectivity index (χ1v) is 7.15. The lowest BCUT2D eigenvalue weighted by molar-refractivity contribution is 0.198. The van der Waals surface area contributed by atoms with Crippen LogP contribution in [0.25, 0.3) is 10.9 Å². The predicted molar refractivity (Wildman–Crippen MR) is 80.1 cm³/mol. The van der Waals surface area contributed by atoms with Crippen LogP contribution in [0.15, 0.2) is 36.5 Å². The first-order chi connectivity index (χ1) is 9.05. The molecule has 3 rings (SSSR count). The highest BCUT2D eigenvalue weighted by atomic mass is 14.7. The largest absolute Gasteiger partial charge is 0.327 e. The molecule has 1 aliphatic carbocycles. The smallest absolute Gasteiger partial charge is 0.0702 e. The van der Waals surface area contributed by atoms with Crippen molar-refractivity contribution in [2.45, 2.75) is 45.1 Å². The van der Waals surface area contributed by atoms with Crippen molar-refractivity contribution in [3.63, 3.8) is 0 Å². The third kappa shape index (κ3) is 2.50. The topological polar surface area (TPSA) is 38.9 Å². The van der Waals surface area contributed by atoms with Crippen LogP contribution in [-0.2, 0) is 0 Å². The van der Waals surface area contributed by atoms with Gasteiger partial charge in [0.1, 0.15) is 0 Å². The van der Waals surface area contributed by atoms with Crippen molar-refractivity contribution in [2.75, 3.05) is 0 Å². The van der Waals surface area contributed by atoms with E-state index in [1.165, 1.54) is 17.4 Å². The quantitative estimate of drug-likeness (QED) is 0.839. The summed E-state index contributed by atoms with van der Waals surface area (Å²) in [5.74, 6) is 0.445. The molecule has 2 atom stereocenters. The zero-order valence-corrected chi connectivity index (χ0v) is 11.8. The molecule has 2 aromatic rings. The van der Waals surface area contributed by atoms with Crippen molar-refractivity contribution in [2.24, 2.45) is 11.1 Å². The summed E-state index contributed by atoms with van der Waals surface area (Å²) < 4.78 is 0. The Bertz CT molecular complexity index is 589. The Morgan fingerprint density at radius 1 is 1.26 bits per heavy atom. The monoisotopic (exact) mass is 254 g/mol. The molecule has 1 saturated carbocycles. The summed E-state index contributed by atoms with van der Waals surface area (Å²) in [5, 5.41) is 1.22. The second-order valence-electron chi connectivity index (χ2n) is 6.64. The number of hydrogen-bond acceptors (Lipinski definition) is 2. The van der Waals surface area contributed by atoms with Crippen LogP contribution in [0.5, 0.6) is 0 Å². The summed E-state index contributed by atoms with van der Waals surface area (Å²) in [6.07, 6.45) is 5.53. The standard InChI is InChI=1S/C17H22N2/c1-17(2)8-7-15(18)14(10-17)13-9-12-5-3-4-6-16(12)19-11-13/h3-6,9,11,14-15H,7-8,10,18H2,1-2H3. The SMILES string of the molecule is CC1(C)CCC(N)C(c2cnc3ccccc3c2)C1. The van der Waals surface area contributed by atoms with Crippen LogP contribution >= 0.6 is 0 Å². The summed E-state index contributed by atoms with van der Waals surface area (Å²) >= 11 is 0. The molecular formula is C17H22N2. The van der Waals surface area contributed by atoms with Crippen molar-refractivity contribution in [1.82, 2.24) is 4.98 Å². The molecule has 0 amide bonds. The van der Waals surface area contributed by atoms with Gasteiger partial charge in [0.15, 0.2) is 0 Å². The molecule has 0 saturated heterocycles. The first kappa shape index (κ1) is 12.6. The molecule has 0 bridgehead atoms. The van der Waals surface area contributed by atoms with Gasteiger partial charge in [0, 0.05) is 23.5 Å². The summed E-state index contributed by atoms with van der Waals surface area (Å²) in [6, 6.07) is 10.8. The molecule has 1 fully saturated rings. The van der Waals surface area contributed by atoms with Crippen LogP contribution in [0.2, 0.25) is 0 Å². The van der Waals surface area contributed by atoms with E-state index in [1.807, 2.05) is 12.3 Å². The lowest BCUT2D eigenvalue weighted by Crippen LogP contribution is -2.37. The van der Waals surface area contributed by atoms with Crippen molar-refractivity contribution in [3.8, 4) is 0 Å². The average Bonchev–Trinajstić information content (AvgIpc) is 2.41. The Balaban J connectivity index is 1.98. The maximum absolute atomic E-state index is 6.35. The van der Waals surface area contributed by atoms with Crippen LogP contribution < -0.4 is 5.73 Å². The van der Waals surface area contributed by atoms with Gasteiger partial charge in [-0.05, 0) is 42.4 Å². The minimum absolute atomic E-state index is 0.274. The summed E-state index contributed by atoms with van der Waals surface area (Å²) in [4.78, 5) is 4.58. The molecule has 1 aromatic heterocycles. The molecule has 100 valence electrons. The predicted octanol–water partition coefficient (Wildman–Crippen LogP) is 3.86. The Labute approximate surface area is 115 Å². The van der Waals surface area contributed by atoms with E-state index in [4.69, 9.17) is 5.73 Å². The molecule has 1 aromatic carbocycles. The zero-order chi connectivity index (χ0) is 13.5. The van der Waals surface area contributed by atoms with E-state index in [9.17, 15) is 0 Å². The number of para-hydroxylation sites is 1. The summed E-state index contributed by atoms with van der Waals surface area (Å²) in [5.41, 5.74) is 9.11. The van der Waals surface area contributed by atoms with Gasteiger partial charge in [-0.1, -0.05) is 32.0 Å². The highest BCUT2D eigenvalue weighted by Crippen LogP contribution is 2.42. The van der Waals surface area contributed by atoms with Gasteiger partial charge in [0.05, 0.1) is 5.52 Å². The molecule has 2 N–H and O–H groups in total. The van der Waals surface area contributed by atoms with E-state index >= 15 is 0 Å². The van der Waals surface area contributed by atoms with E-state index in [0.29, 0.717) is 11.3 Å². The van der Waals surface area contributed by atoms with Gasteiger partial charge >= 0.3 is 0 Å². The van der Waals surface area contributed by atoms with Gasteiger partial charge in [0.2, 0.25) is 0 Å². The Hall–Kier alpha value is -1.41. The van der Waals surface area contributed by atoms with Crippen LogP contribution in [0.1, 0.15) is 44.6 Å². The molecule has 2 heteroatoms. The zero-order valence-electron chi connectivity index (χ0n) is 11.8. The second-order valence-corrected chi connectivity index (χ2v) is 6.64. The Kier molecular flexibility index (Phi) is 3.06. The number of aromatic nitrogens is 1. The van der Waals surface area contributed by atoms with Crippen LogP contribution in [0.3, 0.4) is 0 Å². The number of nitrogens with zero attached hydrogens (tertiary/aromatic N) is 1. The lowest BCUT2D eigenvalue weighted by Gasteiger charge is -2.39. The van der Waals surface area contributed by atoms with Gasteiger partial charge in [-0.3, -0.25) is 4.98 Å². The highest BCUT2D eigenvalue weighted by Gasteiger charge is 2.34. The Morgan fingerprint density at radius 3 is 2.89 bits per heavy atom. The van der Waals surface area contributed by atoms with Crippen molar-refractivity contribution < 1.29 is 0 Å². The highest BCUT2D eigenvalue weighted by molar-refractivity contribution is 5.78. The lowest BCUT2D eigenvalue weighted by atomic mass is 9.68. The number of benzene rings is 1. The minimum Gasteiger partial charge on any atom is -0.327 e. The summed E-state index contributed by atoms with van der Waals surface area (Å²) in [6.45, 7) is 4.70. The third-order valence-corrected chi connectivity index (χ3v) is 4.48. The first-order valence-electron chi connectivity index (χ1n) is 7.15. The molecule has 1 aliphatic rings. The van der Waals surface area contributed by atoms with Gasteiger partial charge in [-0.25, -0.2) is 0 Å². The van der Waals surface area contributed by atoms with E-state index < -0.39 is 0 Å². The second kappa shape index (κ2) is 4.61. The molecule has 19 heavy (non-hydrogen) atoms. The van der Waals surface area contributed by atoms with Crippen LogP contribution in [0.4, 0.5) is 0 Å². The number of hydrogen-bond donors (Lipinski definition) is 1. The number of nitrogens with two attached hydrogens (primary N) is 1. The van der Waals surface area contributed by atoms with Gasteiger partial charge < -0.3 is 5.73 Å². The molecule has 2 unspecified atom stereocenters. The number of pyridine rings is 1. The van der Waals surface area contributed by atoms with Crippen molar-refractivity contribution in [3.05, 3.63) is 42.1 Å². The number of fused-ring (bicyclic) bond motifs is 1. The minimum atomic E-state index is 0.274. The molecule has 0 spiro atoms. The fourth-order valence-electron chi connectivity index (χ4n) is 3.26. The maximum atomic E-state index is 6.35. The normalized spacial score (nSPS) is 26.5. The van der Waals surface area contributed by atoms with Crippen LogP contribution in [-0.4, -0.2) is 11.0 Å². The van der Waals surface area contributed by atoms with Gasteiger partial charge in [-0.15, -0.1) is 0 Å². The van der Waals surface area contributed by atoms with Gasteiger partial charge in [0.25, 0.3) is 0 Å². The Morgan fingerprint density at radius 2 is 2.05 bits per heavy atom. The van der Waals surface area contributed by atoms with Crippen LogP contribution in [0, 0.1) is 5.41 Å². The fraction of sp³-hybridized carbons (Fsp3) is 0.471. The molecular weight excluding hydrogens is 232 g/mol. The third-order valence-electron chi connectivity index (χ3n) is 4.48. The average molecular weight is 254 g/mol. The maximum Gasteiger partial charge on any atom is 0.0702 e. The summed E-state index contributed by atoms with van der Waals surface area (Å²) in [7, 11) is 0. The van der Waals surface area contributed by atoms with Gasteiger partial charge in [-0.2, -0.15) is 0 Å².